The smallest absolute Gasteiger partial charge is 0.0119 e. The first kappa shape index (κ1) is 13.0. The predicted octanol–water partition coefficient (Wildman–Crippen LogP) is 2.49. The summed E-state index contributed by atoms with van der Waals surface area (Å²) >= 11 is 0. The van der Waals surface area contributed by atoms with Crippen LogP contribution in [0.5, 0.6) is 0 Å². The van der Waals surface area contributed by atoms with Gasteiger partial charge in [-0.3, -0.25) is 0 Å². The average Bonchev–Trinajstić information content (AvgIpc) is 2.19. The number of rotatable bonds is 5. The van der Waals surface area contributed by atoms with Crippen molar-refractivity contribution >= 4 is 0 Å². The van der Waals surface area contributed by atoms with Gasteiger partial charge in [0.15, 0.2) is 0 Å². The maximum absolute atomic E-state index is 3.80. The average molecular weight is 212 g/mol. The zero-order valence-electron chi connectivity index (χ0n) is 10.9. The second-order valence-corrected chi connectivity index (χ2v) is 5.34. The van der Waals surface area contributed by atoms with Crippen LogP contribution in [0.3, 0.4) is 0 Å². The molecule has 3 atom stereocenters. The van der Waals surface area contributed by atoms with Gasteiger partial charge in [-0.15, -0.1) is 0 Å². The van der Waals surface area contributed by atoms with Crippen molar-refractivity contribution in [3.8, 4) is 0 Å². The monoisotopic (exact) mass is 212 g/mol. The van der Waals surface area contributed by atoms with Gasteiger partial charge in [0.2, 0.25) is 0 Å². The van der Waals surface area contributed by atoms with E-state index in [1.54, 1.807) is 0 Å². The second kappa shape index (κ2) is 6.49. The molecule has 3 unspecified atom stereocenters. The molecule has 1 rings (SSSR count). The van der Waals surface area contributed by atoms with E-state index in [-0.39, 0.29) is 0 Å². The standard InChI is InChI=1S/C13H28N2/c1-5-6-7-12(3)14-13-8-9-15(4)10-11(13)2/h11-14H,5-10H2,1-4H3. The summed E-state index contributed by atoms with van der Waals surface area (Å²) in [5.41, 5.74) is 0. The maximum atomic E-state index is 3.80. The zero-order chi connectivity index (χ0) is 11.3. The van der Waals surface area contributed by atoms with Crippen molar-refractivity contribution in [3.63, 3.8) is 0 Å². The third kappa shape index (κ3) is 4.52. The Morgan fingerprint density at radius 1 is 1.47 bits per heavy atom. The first-order valence-corrected chi connectivity index (χ1v) is 6.58. The molecular weight excluding hydrogens is 184 g/mol. The number of nitrogens with one attached hydrogen (secondary N) is 1. The van der Waals surface area contributed by atoms with Gasteiger partial charge in [0.05, 0.1) is 0 Å². The van der Waals surface area contributed by atoms with E-state index in [2.05, 4.69) is 38.0 Å². The van der Waals surface area contributed by atoms with Crippen molar-refractivity contribution in [1.29, 1.82) is 0 Å². The van der Waals surface area contributed by atoms with Crippen LogP contribution in [-0.4, -0.2) is 37.1 Å². The van der Waals surface area contributed by atoms with Crippen molar-refractivity contribution in [2.24, 2.45) is 5.92 Å². The van der Waals surface area contributed by atoms with Crippen LogP contribution in [0.15, 0.2) is 0 Å². The topological polar surface area (TPSA) is 15.3 Å². The lowest BCUT2D eigenvalue weighted by Gasteiger charge is -2.37. The molecule has 0 aromatic carbocycles. The highest BCUT2D eigenvalue weighted by atomic mass is 15.1. The molecule has 0 saturated carbocycles. The molecule has 1 aliphatic rings. The fourth-order valence-corrected chi connectivity index (χ4v) is 2.56. The number of hydrogen-bond acceptors (Lipinski definition) is 2. The minimum absolute atomic E-state index is 0.695. The molecule has 1 saturated heterocycles. The molecule has 1 heterocycles. The molecule has 1 aliphatic heterocycles. The van der Waals surface area contributed by atoms with E-state index in [4.69, 9.17) is 0 Å². The fraction of sp³-hybridized carbons (Fsp3) is 1.00. The summed E-state index contributed by atoms with van der Waals surface area (Å²) in [4.78, 5) is 2.44. The fourth-order valence-electron chi connectivity index (χ4n) is 2.56. The second-order valence-electron chi connectivity index (χ2n) is 5.34. The van der Waals surface area contributed by atoms with Crippen LogP contribution in [0.2, 0.25) is 0 Å². The summed E-state index contributed by atoms with van der Waals surface area (Å²) in [5, 5.41) is 3.80. The third-order valence-corrected chi connectivity index (χ3v) is 3.60. The van der Waals surface area contributed by atoms with Gasteiger partial charge >= 0.3 is 0 Å². The van der Waals surface area contributed by atoms with E-state index in [1.165, 1.54) is 38.8 Å². The SMILES string of the molecule is CCCCC(C)NC1CCN(C)CC1C. The van der Waals surface area contributed by atoms with E-state index >= 15 is 0 Å². The van der Waals surface area contributed by atoms with E-state index < -0.39 is 0 Å². The Balaban J connectivity index is 2.25. The van der Waals surface area contributed by atoms with E-state index in [0.717, 1.165) is 12.0 Å². The summed E-state index contributed by atoms with van der Waals surface area (Å²) in [6.45, 7) is 9.48. The highest BCUT2D eigenvalue weighted by molar-refractivity contribution is 4.83. The van der Waals surface area contributed by atoms with Crippen LogP contribution >= 0.6 is 0 Å². The van der Waals surface area contributed by atoms with Crippen molar-refractivity contribution < 1.29 is 0 Å². The largest absolute Gasteiger partial charge is 0.311 e. The lowest BCUT2D eigenvalue weighted by atomic mass is 9.93. The van der Waals surface area contributed by atoms with Crippen LogP contribution < -0.4 is 5.32 Å². The number of likely N-dealkylation sites (tertiary alicyclic amines) is 1. The summed E-state index contributed by atoms with van der Waals surface area (Å²) in [5.74, 6) is 0.799. The van der Waals surface area contributed by atoms with E-state index in [0.29, 0.717) is 6.04 Å². The Kier molecular flexibility index (Phi) is 5.62. The zero-order valence-corrected chi connectivity index (χ0v) is 10.9. The minimum atomic E-state index is 0.695. The Bertz CT molecular complexity index is 170. The van der Waals surface area contributed by atoms with Crippen molar-refractivity contribution in [2.45, 2.75) is 58.5 Å². The number of unbranched alkanes of at least 4 members (excludes halogenated alkanes) is 1. The summed E-state index contributed by atoms with van der Waals surface area (Å²) < 4.78 is 0. The quantitative estimate of drug-likeness (QED) is 0.753. The predicted molar refractivity (Wildman–Crippen MR) is 67.2 cm³/mol. The summed E-state index contributed by atoms with van der Waals surface area (Å²) in [6, 6.07) is 1.44. The molecule has 1 fully saturated rings. The summed E-state index contributed by atoms with van der Waals surface area (Å²) in [6.07, 6.45) is 5.31. The molecular formula is C13H28N2. The van der Waals surface area contributed by atoms with Crippen molar-refractivity contribution in [2.75, 3.05) is 20.1 Å². The van der Waals surface area contributed by atoms with Gasteiger partial charge in [-0.2, -0.15) is 0 Å². The van der Waals surface area contributed by atoms with Crippen LogP contribution in [0, 0.1) is 5.92 Å². The van der Waals surface area contributed by atoms with Crippen LogP contribution in [0.4, 0.5) is 0 Å². The molecule has 2 heteroatoms. The Morgan fingerprint density at radius 3 is 2.80 bits per heavy atom. The van der Waals surface area contributed by atoms with Crippen LogP contribution in [0.1, 0.15) is 46.5 Å². The first-order valence-electron chi connectivity index (χ1n) is 6.58. The lowest BCUT2D eigenvalue weighted by Crippen LogP contribution is -2.49. The maximum Gasteiger partial charge on any atom is 0.0119 e. The van der Waals surface area contributed by atoms with Gasteiger partial charge < -0.3 is 10.2 Å². The molecule has 0 spiro atoms. The number of hydrogen-bond donors (Lipinski definition) is 1. The molecule has 0 bridgehead atoms. The molecule has 2 nitrogen and oxygen atoms in total. The van der Waals surface area contributed by atoms with Crippen molar-refractivity contribution in [1.82, 2.24) is 10.2 Å². The Morgan fingerprint density at radius 2 is 2.20 bits per heavy atom. The normalized spacial score (nSPS) is 30.4. The van der Waals surface area contributed by atoms with Gasteiger partial charge in [0, 0.05) is 18.6 Å². The lowest BCUT2D eigenvalue weighted by molar-refractivity contribution is 0.166. The van der Waals surface area contributed by atoms with Crippen molar-refractivity contribution in [3.05, 3.63) is 0 Å². The molecule has 0 aromatic heterocycles. The van der Waals surface area contributed by atoms with E-state index in [9.17, 15) is 0 Å². The highest BCUT2D eigenvalue weighted by Gasteiger charge is 2.24. The summed E-state index contributed by atoms with van der Waals surface area (Å²) in [7, 11) is 2.23. The highest BCUT2D eigenvalue weighted by Crippen LogP contribution is 2.16. The number of nitrogens with zero attached hydrogens (tertiary/aromatic N) is 1. The molecule has 0 radical (unpaired) electrons. The molecule has 0 aromatic rings. The molecule has 1 N–H and O–H groups in total. The molecule has 90 valence electrons. The number of piperidine rings is 1. The van der Waals surface area contributed by atoms with Crippen LogP contribution in [-0.2, 0) is 0 Å². The molecule has 0 amide bonds. The first-order chi connectivity index (χ1) is 7.13. The van der Waals surface area contributed by atoms with E-state index in [1.807, 2.05) is 0 Å². The van der Waals surface area contributed by atoms with Gasteiger partial charge in [-0.1, -0.05) is 26.7 Å². The minimum Gasteiger partial charge on any atom is -0.311 e. The third-order valence-electron chi connectivity index (χ3n) is 3.60. The molecule has 15 heavy (non-hydrogen) atoms. The Hall–Kier alpha value is -0.0800. The Labute approximate surface area is 95.4 Å². The molecule has 0 aliphatic carbocycles. The van der Waals surface area contributed by atoms with Gasteiger partial charge in [-0.05, 0) is 39.3 Å². The van der Waals surface area contributed by atoms with Gasteiger partial charge in [0.25, 0.3) is 0 Å². The van der Waals surface area contributed by atoms with Gasteiger partial charge in [-0.25, -0.2) is 0 Å². The van der Waals surface area contributed by atoms with Crippen LogP contribution in [0.25, 0.3) is 0 Å². The van der Waals surface area contributed by atoms with Gasteiger partial charge in [0.1, 0.15) is 0 Å².